The highest BCUT2D eigenvalue weighted by atomic mass is 19.1. The molecule has 1 N–H and O–H groups in total. The minimum atomic E-state index is -1.49. The summed E-state index contributed by atoms with van der Waals surface area (Å²) in [6.07, 6.45) is 2.90. The van der Waals surface area contributed by atoms with E-state index in [1.54, 1.807) is 19.9 Å². The summed E-state index contributed by atoms with van der Waals surface area (Å²) in [6, 6.07) is 0. The summed E-state index contributed by atoms with van der Waals surface area (Å²) in [5.41, 5.74) is -2.72. The van der Waals surface area contributed by atoms with Gasteiger partial charge < -0.3 is 14.6 Å². The number of fused-ring (bicyclic) bond motifs is 7. The molecule has 5 aliphatic rings. The number of ether oxygens (including phenoxy) is 2. The Labute approximate surface area is 180 Å². The van der Waals surface area contributed by atoms with Gasteiger partial charge in [0.05, 0.1) is 12.2 Å². The maximum absolute atomic E-state index is 15.4. The molecule has 0 radical (unpaired) electrons. The average molecular weight is 432 g/mol. The van der Waals surface area contributed by atoms with Crippen molar-refractivity contribution in [3.05, 3.63) is 23.8 Å². The van der Waals surface area contributed by atoms with Crippen LogP contribution < -0.4 is 0 Å². The monoisotopic (exact) mass is 432 g/mol. The molecule has 9 atom stereocenters. The molecule has 5 rings (SSSR count). The second-order valence-corrected chi connectivity index (χ2v) is 10.9. The normalized spacial score (nSPS) is 51.9. The van der Waals surface area contributed by atoms with Gasteiger partial charge in [-0.1, -0.05) is 19.9 Å². The number of Topliss-reactive ketones (excluding diaryl/α,β-unsaturated/α-hetero) is 1. The topological polar surface area (TPSA) is 89.9 Å². The predicted molar refractivity (Wildman–Crippen MR) is 108 cm³/mol. The Kier molecular flexibility index (Phi) is 4.24. The Morgan fingerprint density at radius 1 is 1.26 bits per heavy atom. The van der Waals surface area contributed by atoms with E-state index in [1.807, 2.05) is 13.8 Å². The lowest BCUT2D eigenvalue weighted by Crippen LogP contribution is -2.64. The quantitative estimate of drug-likeness (QED) is 0.533. The lowest BCUT2D eigenvalue weighted by Gasteiger charge is -2.60. The van der Waals surface area contributed by atoms with Crippen LogP contribution in [0.15, 0.2) is 23.8 Å². The molecule has 3 saturated carbocycles. The van der Waals surface area contributed by atoms with E-state index in [1.165, 1.54) is 12.2 Å². The Hall–Kier alpha value is -1.70. The number of alkyl halides is 1. The van der Waals surface area contributed by atoms with Crippen molar-refractivity contribution in [3.8, 4) is 0 Å². The molecule has 6 nitrogen and oxygen atoms in total. The van der Waals surface area contributed by atoms with Gasteiger partial charge in [0.1, 0.15) is 6.17 Å². The molecule has 4 fully saturated rings. The smallest absolute Gasteiger partial charge is 0.230 e. The van der Waals surface area contributed by atoms with Crippen LogP contribution in [0, 0.1) is 28.6 Å². The number of aliphatic hydroxyl groups excluding tert-OH is 1. The zero-order valence-electron chi connectivity index (χ0n) is 18.3. The van der Waals surface area contributed by atoms with Crippen molar-refractivity contribution in [3.63, 3.8) is 0 Å². The minimum absolute atomic E-state index is 0.159. The van der Waals surface area contributed by atoms with Crippen molar-refractivity contribution in [2.24, 2.45) is 28.6 Å². The fraction of sp³-hybridized carbons (Fsp3) is 0.708. The Morgan fingerprint density at radius 2 is 1.97 bits per heavy atom. The van der Waals surface area contributed by atoms with Crippen LogP contribution in [0.2, 0.25) is 0 Å². The third-order valence-corrected chi connectivity index (χ3v) is 8.94. The van der Waals surface area contributed by atoms with Gasteiger partial charge in [-0.2, -0.15) is 0 Å². The Morgan fingerprint density at radius 3 is 2.65 bits per heavy atom. The molecule has 7 heteroatoms. The van der Waals surface area contributed by atoms with E-state index < -0.39 is 46.4 Å². The van der Waals surface area contributed by atoms with Gasteiger partial charge in [-0.15, -0.1) is 0 Å². The van der Waals surface area contributed by atoms with Crippen molar-refractivity contribution >= 4 is 17.9 Å². The standard InChI is InChI=1S/C24H29FO6/c1-21(2)30-19-9-14-13-8-16(25)15-7-12(27)5-6-22(15,3)20(13)17(28)10-23(14,4)24(19,31-21)18(29)11-26/h5-7,11,13-14,16-17,19-20,28H,8-10H2,1-4H3/t13-,14-,16-,17-,19+,20+,22-,23-,24+/m0/s1. The largest absolute Gasteiger partial charge is 0.393 e. The summed E-state index contributed by atoms with van der Waals surface area (Å²) in [6.45, 7) is 7.19. The zero-order chi connectivity index (χ0) is 22.6. The first-order chi connectivity index (χ1) is 14.4. The molecular formula is C24H29FO6. The fourth-order valence-corrected chi connectivity index (χ4v) is 7.95. The van der Waals surface area contributed by atoms with Crippen molar-refractivity contribution in [1.82, 2.24) is 0 Å². The molecule has 0 bridgehead atoms. The highest BCUT2D eigenvalue weighted by Crippen LogP contribution is 2.70. The van der Waals surface area contributed by atoms with Crippen LogP contribution in [0.1, 0.15) is 47.0 Å². The van der Waals surface area contributed by atoms with Gasteiger partial charge in [0.2, 0.25) is 5.78 Å². The fourth-order valence-electron chi connectivity index (χ4n) is 7.95. The molecule has 1 saturated heterocycles. The summed E-state index contributed by atoms with van der Waals surface area (Å²) in [5.74, 6) is -2.68. The third kappa shape index (κ3) is 2.45. The number of ketones is 2. The molecule has 31 heavy (non-hydrogen) atoms. The lowest BCUT2D eigenvalue weighted by molar-refractivity contribution is -0.224. The first-order valence-corrected chi connectivity index (χ1v) is 11.0. The van der Waals surface area contributed by atoms with Crippen LogP contribution in [-0.2, 0) is 23.9 Å². The lowest BCUT2D eigenvalue weighted by atomic mass is 9.46. The maximum Gasteiger partial charge on any atom is 0.230 e. The second kappa shape index (κ2) is 6.21. The van der Waals surface area contributed by atoms with Crippen LogP contribution in [-0.4, -0.2) is 52.7 Å². The van der Waals surface area contributed by atoms with Gasteiger partial charge in [0, 0.05) is 16.7 Å². The Balaban J connectivity index is 1.62. The highest BCUT2D eigenvalue weighted by molar-refractivity contribution is 6.29. The average Bonchev–Trinajstić information content (AvgIpc) is 3.08. The van der Waals surface area contributed by atoms with Crippen molar-refractivity contribution in [2.45, 2.75) is 76.7 Å². The van der Waals surface area contributed by atoms with E-state index in [2.05, 4.69) is 0 Å². The van der Waals surface area contributed by atoms with Crippen LogP contribution >= 0.6 is 0 Å². The third-order valence-electron chi connectivity index (χ3n) is 8.94. The molecule has 0 spiro atoms. The number of carbonyl (C=O) groups is 3. The number of halogens is 1. The van der Waals surface area contributed by atoms with Crippen molar-refractivity contribution < 1.29 is 33.4 Å². The SMILES string of the molecule is CC1(C)O[C@@H]2C[C@H]3[C@@H]4C[C@H](F)C5=CC(=O)C=C[C@]5(C)[C@H]4[C@@H](O)C[C@]3(C)[C@]2(C(=O)C=O)O1. The van der Waals surface area contributed by atoms with Crippen molar-refractivity contribution in [2.75, 3.05) is 0 Å². The van der Waals surface area contributed by atoms with Gasteiger partial charge in [0.15, 0.2) is 23.5 Å². The van der Waals surface area contributed by atoms with E-state index in [0.717, 1.165) is 0 Å². The second-order valence-electron chi connectivity index (χ2n) is 10.9. The number of rotatable bonds is 2. The first-order valence-electron chi connectivity index (χ1n) is 11.0. The van der Waals surface area contributed by atoms with Crippen LogP contribution in [0.3, 0.4) is 0 Å². The maximum atomic E-state index is 15.4. The van der Waals surface area contributed by atoms with Gasteiger partial charge >= 0.3 is 0 Å². The highest BCUT2D eigenvalue weighted by Gasteiger charge is 2.77. The molecule has 0 aromatic carbocycles. The van der Waals surface area contributed by atoms with Crippen molar-refractivity contribution in [1.29, 1.82) is 0 Å². The number of allylic oxidation sites excluding steroid dienone is 4. The van der Waals surface area contributed by atoms with E-state index >= 15 is 4.39 Å². The van der Waals surface area contributed by atoms with Crippen LogP contribution in [0.25, 0.3) is 0 Å². The Bertz CT molecular complexity index is 938. The summed E-state index contributed by atoms with van der Waals surface area (Å²) in [7, 11) is 0. The van der Waals surface area contributed by atoms with E-state index in [0.29, 0.717) is 18.3 Å². The molecule has 1 aliphatic heterocycles. The minimum Gasteiger partial charge on any atom is -0.393 e. The van der Waals surface area contributed by atoms with E-state index in [4.69, 9.17) is 9.47 Å². The van der Waals surface area contributed by atoms with Crippen LogP contribution in [0.5, 0.6) is 0 Å². The summed E-state index contributed by atoms with van der Waals surface area (Å²) in [5, 5.41) is 11.4. The number of aliphatic hydroxyl groups is 1. The number of aldehydes is 1. The molecular weight excluding hydrogens is 403 g/mol. The van der Waals surface area contributed by atoms with E-state index in [-0.39, 0.29) is 36.4 Å². The molecule has 1 heterocycles. The number of hydrogen-bond donors (Lipinski definition) is 1. The molecule has 0 unspecified atom stereocenters. The van der Waals surface area contributed by atoms with Gasteiger partial charge in [-0.05, 0) is 62.7 Å². The van der Waals surface area contributed by atoms with Gasteiger partial charge in [0.25, 0.3) is 0 Å². The molecule has 0 aromatic heterocycles. The first kappa shape index (κ1) is 21.2. The summed E-state index contributed by atoms with van der Waals surface area (Å²) >= 11 is 0. The van der Waals surface area contributed by atoms with Crippen LogP contribution in [0.4, 0.5) is 4.39 Å². The number of hydrogen-bond acceptors (Lipinski definition) is 6. The zero-order valence-corrected chi connectivity index (χ0v) is 18.3. The molecule has 0 amide bonds. The van der Waals surface area contributed by atoms with E-state index in [9.17, 15) is 19.5 Å². The molecule has 168 valence electrons. The summed E-state index contributed by atoms with van der Waals surface area (Å²) in [4.78, 5) is 36.7. The molecule has 0 aromatic rings. The summed E-state index contributed by atoms with van der Waals surface area (Å²) < 4.78 is 27.7. The predicted octanol–water partition coefficient (Wildman–Crippen LogP) is 2.48. The van der Waals surface area contributed by atoms with Gasteiger partial charge in [-0.25, -0.2) is 4.39 Å². The number of carbonyl (C=O) groups excluding carboxylic acids is 3. The van der Waals surface area contributed by atoms with Gasteiger partial charge in [-0.3, -0.25) is 14.4 Å². The molecule has 4 aliphatic carbocycles.